The molecule has 0 fully saturated rings. The predicted molar refractivity (Wildman–Crippen MR) is 90.6 cm³/mol. The van der Waals surface area contributed by atoms with Crippen LogP contribution in [0.25, 0.3) is 0 Å². The highest BCUT2D eigenvalue weighted by atomic mass is 79.9. The molecule has 0 bridgehead atoms. The summed E-state index contributed by atoms with van der Waals surface area (Å²) in [6.07, 6.45) is 0.867. The largest absolute Gasteiger partial charge is 0.345 e. The standard InChI is InChI=1S/C18H20BrNO/c1-4-17(16-10-5-12(2)11-13(16)3)20-18(21)14-6-8-15(19)9-7-14/h5-11,17H,4H2,1-3H3,(H,20,21)/t17-/m0/s1. The van der Waals surface area contributed by atoms with E-state index in [0.717, 1.165) is 10.9 Å². The Morgan fingerprint density at radius 3 is 2.38 bits per heavy atom. The molecule has 0 radical (unpaired) electrons. The van der Waals surface area contributed by atoms with Crippen molar-refractivity contribution in [2.45, 2.75) is 33.2 Å². The van der Waals surface area contributed by atoms with Crippen molar-refractivity contribution in [2.75, 3.05) is 0 Å². The number of benzene rings is 2. The Balaban J connectivity index is 2.18. The zero-order valence-corrected chi connectivity index (χ0v) is 14.2. The second kappa shape index (κ2) is 6.90. The first-order valence-electron chi connectivity index (χ1n) is 7.15. The van der Waals surface area contributed by atoms with Crippen molar-refractivity contribution in [3.05, 3.63) is 69.2 Å². The van der Waals surface area contributed by atoms with Gasteiger partial charge in [0.2, 0.25) is 0 Å². The molecule has 0 spiro atoms. The summed E-state index contributed by atoms with van der Waals surface area (Å²) in [5.41, 5.74) is 4.33. The summed E-state index contributed by atoms with van der Waals surface area (Å²) >= 11 is 3.38. The fourth-order valence-corrected chi connectivity index (χ4v) is 2.72. The summed E-state index contributed by atoms with van der Waals surface area (Å²) < 4.78 is 0.973. The van der Waals surface area contributed by atoms with Crippen molar-refractivity contribution in [3.63, 3.8) is 0 Å². The van der Waals surface area contributed by atoms with E-state index in [9.17, 15) is 4.79 Å². The smallest absolute Gasteiger partial charge is 0.251 e. The van der Waals surface area contributed by atoms with E-state index in [1.165, 1.54) is 16.7 Å². The normalized spacial score (nSPS) is 12.0. The number of carbonyl (C=O) groups excluding carboxylic acids is 1. The maximum Gasteiger partial charge on any atom is 0.251 e. The van der Waals surface area contributed by atoms with Gasteiger partial charge in [0, 0.05) is 10.0 Å². The first kappa shape index (κ1) is 15.8. The average Bonchev–Trinajstić information content (AvgIpc) is 2.46. The number of aryl methyl sites for hydroxylation is 2. The summed E-state index contributed by atoms with van der Waals surface area (Å²) in [5.74, 6) is -0.0330. The molecule has 0 saturated carbocycles. The fourth-order valence-electron chi connectivity index (χ4n) is 2.46. The Bertz CT molecular complexity index is 634. The van der Waals surface area contributed by atoms with Crippen LogP contribution in [0.4, 0.5) is 0 Å². The molecule has 0 aliphatic heterocycles. The summed E-state index contributed by atoms with van der Waals surface area (Å²) in [6.45, 7) is 6.26. The van der Waals surface area contributed by atoms with Gasteiger partial charge >= 0.3 is 0 Å². The molecule has 110 valence electrons. The van der Waals surface area contributed by atoms with Gasteiger partial charge in [-0.2, -0.15) is 0 Å². The molecule has 3 heteroatoms. The predicted octanol–water partition coefficient (Wildman–Crippen LogP) is 4.95. The van der Waals surface area contributed by atoms with Crippen molar-refractivity contribution in [1.29, 1.82) is 0 Å². The van der Waals surface area contributed by atoms with Crippen LogP contribution in [-0.2, 0) is 0 Å². The minimum absolute atomic E-state index is 0.0330. The molecule has 0 saturated heterocycles. The Morgan fingerprint density at radius 1 is 1.14 bits per heavy atom. The van der Waals surface area contributed by atoms with Gasteiger partial charge < -0.3 is 5.32 Å². The van der Waals surface area contributed by atoms with Gasteiger partial charge in [0.15, 0.2) is 0 Å². The molecular formula is C18H20BrNO. The van der Waals surface area contributed by atoms with Crippen LogP contribution in [-0.4, -0.2) is 5.91 Å². The number of carbonyl (C=O) groups is 1. The maximum absolute atomic E-state index is 12.4. The van der Waals surface area contributed by atoms with E-state index in [1.54, 1.807) is 0 Å². The molecule has 2 nitrogen and oxygen atoms in total. The second-order valence-electron chi connectivity index (χ2n) is 5.30. The number of amides is 1. The van der Waals surface area contributed by atoms with Gasteiger partial charge in [-0.05, 0) is 55.7 Å². The molecule has 2 aromatic carbocycles. The van der Waals surface area contributed by atoms with Gasteiger partial charge in [-0.25, -0.2) is 0 Å². The molecule has 2 rings (SSSR count). The minimum atomic E-state index is -0.0330. The topological polar surface area (TPSA) is 29.1 Å². The third kappa shape index (κ3) is 3.94. The zero-order valence-electron chi connectivity index (χ0n) is 12.6. The molecule has 2 aromatic rings. The van der Waals surface area contributed by atoms with Crippen molar-refractivity contribution in [1.82, 2.24) is 5.32 Å². The lowest BCUT2D eigenvalue weighted by molar-refractivity contribution is 0.0935. The Hall–Kier alpha value is -1.61. The molecule has 0 aromatic heterocycles. The number of nitrogens with one attached hydrogen (secondary N) is 1. The highest BCUT2D eigenvalue weighted by molar-refractivity contribution is 9.10. The lowest BCUT2D eigenvalue weighted by Crippen LogP contribution is -2.28. The third-order valence-electron chi connectivity index (χ3n) is 3.62. The lowest BCUT2D eigenvalue weighted by atomic mass is 9.97. The van der Waals surface area contributed by atoms with E-state index in [4.69, 9.17) is 0 Å². The molecule has 0 aliphatic carbocycles. The van der Waals surface area contributed by atoms with Crippen LogP contribution in [0.2, 0.25) is 0 Å². The van der Waals surface area contributed by atoms with Crippen molar-refractivity contribution >= 4 is 21.8 Å². The lowest BCUT2D eigenvalue weighted by Gasteiger charge is -2.20. The molecule has 0 aliphatic rings. The van der Waals surface area contributed by atoms with Gasteiger partial charge in [0.1, 0.15) is 0 Å². The summed E-state index contributed by atoms with van der Waals surface area (Å²) in [5, 5.41) is 3.12. The number of halogens is 1. The van der Waals surface area contributed by atoms with Crippen LogP contribution in [0, 0.1) is 13.8 Å². The van der Waals surface area contributed by atoms with Gasteiger partial charge in [0.05, 0.1) is 6.04 Å². The maximum atomic E-state index is 12.4. The van der Waals surface area contributed by atoms with Crippen LogP contribution in [0.1, 0.15) is 46.4 Å². The molecule has 0 unspecified atom stereocenters. The van der Waals surface area contributed by atoms with E-state index in [0.29, 0.717) is 5.56 Å². The number of hydrogen-bond donors (Lipinski definition) is 1. The summed E-state index contributed by atoms with van der Waals surface area (Å²) in [6, 6.07) is 13.8. The van der Waals surface area contributed by atoms with Crippen LogP contribution >= 0.6 is 15.9 Å². The SMILES string of the molecule is CC[C@H](NC(=O)c1ccc(Br)cc1)c1ccc(C)cc1C. The van der Waals surface area contributed by atoms with Crippen molar-refractivity contribution in [3.8, 4) is 0 Å². The van der Waals surface area contributed by atoms with Crippen LogP contribution in [0.3, 0.4) is 0 Å². The van der Waals surface area contributed by atoms with E-state index < -0.39 is 0 Å². The number of hydrogen-bond acceptors (Lipinski definition) is 1. The van der Waals surface area contributed by atoms with E-state index in [2.05, 4.69) is 60.2 Å². The molecule has 1 amide bonds. The average molecular weight is 346 g/mol. The number of rotatable bonds is 4. The highest BCUT2D eigenvalue weighted by Gasteiger charge is 2.15. The Labute approximate surface area is 134 Å². The molecule has 0 heterocycles. The summed E-state index contributed by atoms with van der Waals surface area (Å²) in [7, 11) is 0. The Morgan fingerprint density at radius 2 is 1.81 bits per heavy atom. The first-order chi connectivity index (χ1) is 10.0. The quantitative estimate of drug-likeness (QED) is 0.834. The highest BCUT2D eigenvalue weighted by Crippen LogP contribution is 2.22. The van der Waals surface area contributed by atoms with E-state index in [1.807, 2.05) is 24.3 Å². The van der Waals surface area contributed by atoms with Gasteiger partial charge in [-0.1, -0.05) is 46.6 Å². The molecule has 1 atom stereocenters. The molecule has 21 heavy (non-hydrogen) atoms. The van der Waals surface area contributed by atoms with Gasteiger partial charge in [-0.15, -0.1) is 0 Å². The van der Waals surface area contributed by atoms with Crippen LogP contribution < -0.4 is 5.32 Å². The van der Waals surface area contributed by atoms with Crippen molar-refractivity contribution < 1.29 is 4.79 Å². The fraction of sp³-hybridized carbons (Fsp3) is 0.278. The summed E-state index contributed by atoms with van der Waals surface area (Å²) in [4.78, 5) is 12.4. The Kier molecular flexibility index (Phi) is 5.18. The van der Waals surface area contributed by atoms with Gasteiger partial charge in [-0.3, -0.25) is 4.79 Å². The van der Waals surface area contributed by atoms with Gasteiger partial charge in [0.25, 0.3) is 5.91 Å². The minimum Gasteiger partial charge on any atom is -0.345 e. The van der Waals surface area contributed by atoms with E-state index in [-0.39, 0.29) is 11.9 Å². The molecular weight excluding hydrogens is 326 g/mol. The van der Waals surface area contributed by atoms with Crippen LogP contribution in [0.5, 0.6) is 0 Å². The first-order valence-corrected chi connectivity index (χ1v) is 7.94. The molecule has 1 N–H and O–H groups in total. The third-order valence-corrected chi connectivity index (χ3v) is 4.15. The second-order valence-corrected chi connectivity index (χ2v) is 6.22. The van der Waals surface area contributed by atoms with Crippen LogP contribution in [0.15, 0.2) is 46.9 Å². The van der Waals surface area contributed by atoms with E-state index >= 15 is 0 Å². The monoisotopic (exact) mass is 345 g/mol. The van der Waals surface area contributed by atoms with Crippen molar-refractivity contribution in [2.24, 2.45) is 0 Å². The zero-order chi connectivity index (χ0) is 15.4.